The minimum atomic E-state index is 0.357. The molecular weight excluding hydrogens is 324 g/mol. The third-order valence-corrected chi connectivity index (χ3v) is 8.28. The molecule has 1 heterocycles. The number of hydrogen-bond acceptors (Lipinski definition) is 2. The minimum absolute atomic E-state index is 0.357. The molecule has 0 N–H and O–H groups in total. The number of hydrogen-bond donors (Lipinski definition) is 0. The first-order valence-electron chi connectivity index (χ1n) is 6.85. The molecule has 3 rings (SSSR count). The Bertz CT molecular complexity index is 389. The lowest BCUT2D eigenvalue weighted by molar-refractivity contribution is 0.500. The van der Waals surface area contributed by atoms with Crippen LogP contribution in [0.5, 0.6) is 0 Å². The van der Waals surface area contributed by atoms with Gasteiger partial charge in [-0.2, -0.15) is 0 Å². The van der Waals surface area contributed by atoms with Crippen LogP contribution in [0.15, 0.2) is 28.7 Å². The molecule has 1 saturated heterocycles. The summed E-state index contributed by atoms with van der Waals surface area (Å²) in [5.74, 6) is 3.55. The molecule has 0 aromatic heterocycles. The summed E-state index contributed by atoms with van der Waals surface area (Å²) in [6.07, 6.45) is 7.10. The molecule has 1 aliphatic heterocycles. The van der Waals surface area contributed by atoms with Crippen LogP contribution in [-0.4, -0.2) is 11.5 Å². The van der Waals surface area contributed by atoms with E-state index in [0.717, 1.165) is 5.92 Å². The summed E-state index contributed by atoms with van der Waals surface area (Å²) in [7, 11) is 0. The van der Waals surface area contributed by atoms with E-state index in [-0.39, 0.29) is 0 Å². The predicted molar refractivity (Wildman–Crippen MR) is 87.3 cm³/mol. The standard InChI is InChI=1S/C15H19BrS2/c16-14-8-6-13(7-9-14)15(12-4-1-2-5-12)17-10-3-11-18-15/h6-9,12H,1-5,10-11H2. The van der Waals surface area contributed by atoms with Crippen LogP contribution >= 0.6 is 39.5 Å². The van der Waals surface area contributed by atoms with Gasteiger partial charge >= 0.3 is 0 Å². The van der Waals surface area contributed by atoms with Crippen LogP contribution in [-0.2, 0) is 4.08 Å². The van der Waals surface area contributed by atoms with Crippen molar-refractivity contribution in [3.05, 3.63) is 34.3 Å². The summed E-state index contributed by atoms with van der Waals surface area (Å²) in [6, 6.07) is 9.10. The van der Waals surface area contributed by atoms with E-state index < -0.39 is 0 Å². The second-order valence-corrected chi connectivity index (χ2v) is 9.06. The summed E-state index contributed by atoms with van der Waals surface area (Å²) >= 11 is 7.99. The molecule has 2 fully saturated rings. The average Bonchev–Trinajstić information content (AvgIpc) is 2.95. The molecule has 3 heteroatoms. The van der Waals surface area contributed by atoms with Crippen molar-refractivity contribution in [2.75, 3.05) is 11.5 Å². The SMILES string of the molecule is Brc1ccc(C2(C3CCCC3)SCCCS2)cc1. The Hall–Kier alpha value is 0.400. The van der Waals surface area contributed by atoms with Gasteiger partial charge in [0, 0.05) is 4.47 Å². The van der Waals surface area contributed by atoms with Crippen molar-refractivity contribution >= 4 is 39.5 Å². The highest BCUT2D eigenvalue weighted by atomic mass is 79.9. The van der Waals surface area contributed by atoms with Gasteiger partial charge in [0.2, 0.25) is 0 Å². The quantitative estimate of drug-likeness (QED) is 0.679. The van der Waals surface area contributed by atoms with E-state index in [2.05, 4.69) is 63.7 Å². The molecule has 0 unspecified atom stereocenters. The first-order valence-corrected chi connectivity index (χ1v) is 9.62. The van der Waals surface area contributed by atoms with Gasteiger partial charge in [0.1, 0.15) is 0 Å². The normalized spacial score (nSPS) is 24.3. The van der Waals surface area contributed by atoms with E-state index in [1.54, 1.807) is 5.56 Å². The van der Waals surface area contributed by atoms with Crippen molar-refractivity contribution in [2.24, 2.45) is 5.92 Å². The number of halogens is 1. The molecule has 1 aromatic carbocycles. The highest BCUT2D eigenvalue weighted by Crippen LogP contribution is 2.59. The van der Waals surface area contributed by atoms with Crippen LogP contribution in [0.4, 0.5) is 0 Å². The number of benzene rings is 1. The van der Waals surface area contributed by atoms with Crippen molar-refractivity contribution < 1.29 is 0 Å². The second-order valence-electron chi connectivity index (χ2n) is 5.21. The zero-order chi connectivity index (χ0) is 12.4. The van der Waals surface area contributed by atoms with Crippen LogP contribution in [0.25, 0.3) is 0 Å². The van der Waals surface area contributed by atoms with Crippen molar-refractivity contribution in [2.45, 2.75) is 36.2 Å². The van der Waals surface area contributed by atoms with Crippen molar-refractivity contribution in [3.8, 4) is 0 Å². The third-order valence-electron chi connectivity index (χ3n) is 4.06. The Balaban J connectivity index is 1.95. The fraction of sp³-hybridized carbons (Fsp3) is 0.600. The Labute approximate surface area is 127 Å². The van der Waals surface area contributed by atoms with Crippen LogP contribution in [0, 0.1) is 5.92 Å². The first-order chi connectivity index (χ1) is 8.81. The van der Waals surface area contributed by atoms with Crippen LogP contribution in [0.2, 0.25) is 0 Å². The molecule has 0 radical (unpaired) electrons. The smallest absolute Gasteiger partial charge is 0.0888 e. The topological polar surface area (TPSA) is 0 Å². The average molecular weight is 343 g/mol. The summed E-state index contributed by atoms with van der Waals surface area (Å²) < 4.78 is 1.55. The van der Waals surface area contributed by atoms with E-state index in [1.807, 2.05) is 0 Å². The molecule has 0 atom stereocenters. The van der Waals surface area contributed by atoms with Gasteiger partial charge in [0.25, 0.3) is 0 Å². The van der Waals surface area contributed by atoms with Crippen LogP contribution in [0.1, 0.15) is 37.7 Å². The molecule has 2 aliphatic rings. The third kappa shape index (κ3) is 2.51. The summed E-state index contributed by atoms with van der Waals surface area (Å²) in [5, 5.41) is 0. The zero-order valence-electron chi connectivity index (χ0n) is 10.5. The van der Waals surface area contributed by atoms with Gasteiger partial charge in [-0.3, -0.25) is 0 Å². The lowest BCUT2D eigenvalue weighted by Gasteiger charge is -2.41. The minimum Gasteiger partial charge on any atom is -0.139 e. The maximum atomic E-state index is 3.56. The highest BCUT2D eigenvalue weighted by molar-refractivity contribution is 9.10. The van der Waals surface area contributed by atoms with E-state index in [1.165, 1.54) is 48.1 Å². The first kappa shape index (κ1) is 13.4. The van der Waals surface area contributed by atoms with Gasteiger partial charge in [0.15, 0.2) is 0 Å². The largest absolute Gasteiger partial charge is 0.139 e. The molecule has 0 amide bonds. The van der Waals surface area contributed by atoms with E-state index in [4.69, 9.17) is 0 Å². The monoisotopic (exact) mass is 342 g/mol. The molecule has 1 aromatic rings. The van der Waals surface area contributed by atoms with Gasteiger partial charge in [-0.05, 0) is 54.4 Å². The fourth-order valence-corrected chi connectivity index (χ4v) is 7.19. The molecule has 1 saturated carbocycles. The maximum Gasteiger partial charge on any atom is 0.0888 e. The van der Waals surface area contributed by atoms with Crippen molar-refractivity contribution in [1.29, 1.82) is 0 Å². The van der Waals surface area contributed by atoms with E-state index in [0.29, 0.717) is 4.08 Å². The predicted octanol–water partition coefficient (Wildman–Crippen LogP) is 5.66. The summed E-state index contributed by atoms with van der Waals surface area (Å²) in [5.41, 5.74) is 1.55. The Morgan fingerprint density at radius 2 is 1.56 bits per heavy atom. The van der Waals surface area contributed by atoms with Crippen LogP contribution < -0.4 is 0 Å². The lowest BCUT2D eigenvalue weighted by atomic mass is 9.96. The molecule has 0 spiro atoms. The lowest BCUT2D eigenvalue weighted by Crippen LogP contribution is -2.30. The van der Waals surface area contributed by atoms with Gasteiger partial charge in [-0.1, -0.05) is 40.9 Å². The highest BCUT2D eigenvalue weighted by Gasteiger charge is 2.43. The van der Waals surface area contributed by atoms with E-state index >= 15 is 0 Å². The Morgan fingerprint density at radius 3 is 2.17 bits per heavy atom. The fourth-order valence-electron chi connectivity index (χ4n) is 3.17. The molecule has 1 aliphatic carbocycles. The van der Waals surface area contributed by atoms with Crippen molar-refractivity contribution in [3.63, 3.8) is 0 Å². The van der Waals surface area contributed by atoms with Gasteiger partial charge in [-0.15, -0.1) is 23.5 Å². The van der Waals surface area contributed by atoms with E-state index in [9.17, 15) is 0 Å². The molecule has 0 nitrogen and oxygen atoms in total. The van der Waals surface area contributed by atoms with Crippen LogP contribution in [0.3, 0.4) is 0 Å². The van der Waals surface area contributed by atoms with Gasteiger partial charge in [-0.25, -0.2) is 0 Å². The number of thioether (sulfide) groups is 2. The zero-order valence-corrected chi connectivity index (χ0v) is 13.7. The van der Waals surface area contributed by atoms with Gasteiger partial charge in [0.05, 0.1) is 4.08 Å². The Kier molecular flexibility index (Phi) is 4.32. The Morgan fingerprint density at radius 1 is 0.944 bits per heavy atom. The molecular formula is C15H19BrS2. The summed E-state index contributed by atoms with van der Waals surface area (Å²) in [6.45, 7) is 0. The summed E-state index contributed by atoms with van der Waals surface area (Å²) in [4.78, 5) is 0. The molecule has 0 bridgehead atoms. The maximum absolute atomic E-state index is 3.56. The second kappa shape index (κ2) is 5.80. The van der Waals surface area contributed by atoms with Crippen molar-refractivity contribution in [1.82, 2.24) is 0 Å². The molecule has 18 heavy (non-hydrogen) atoms. The van der Waals surface area contributed by atoms with Gasteiger partial charge < -0.3 is 0 Å². The molecule has 98 valence electrons. The number of rotatable bonds is 2.